The molecule has 0 aliphatic carbocycles. The minimum Gasteiger partial charge on any atom is -0.478 e. The zero-order valence-electron chi connectivity index (χ0n) is 10.1. The molecule has 1 amide bonds. The number of hydrogen-bond acceptors (Lipinski definition) is 4. The third kappa shape index (κ3) is 2.95. The standard InChI is InChI=1S/C12H12N4O3/c1-8(16-4-2-3-14-16)11(17)15-10-5-9(12(18)19)6-13-7-10/h2-8H,1H3,(H,15,17)(H,18,19). The molecule has 0 aliphatic rings. The quantitative estimate of drug-likeness (QED) is 0.860. The first-order valence-corrected chi connectivity index (χ1v) is 5.56. The van der Waals surface area contributed by atoms with Gasteiger partial charge in [-0.3, -0.25) is 14.5 Å². The second-order valence-electron chi connectivity index (χ2n) is 3.92. The first-order valence-electron chi connectivity index (χ1n) is 5.56. The van der Waals surface area contributed by atoms with Gasteiger partial charge in [0, 0.05) is 18.6 Å². The highest BCUT2D eigenvalue weighted by molar-refractivity contribution is 5.95. The third-order valence-electron chi connectivity index (χ3n) is 2.55. The van der Waals surface area contributed by atoms with Crippen LogP contribution in [0.4, 0.5) is 5.69 Å². The van der Waals surface area contributed by atoms with Gasteiger partial charge in [0.25, 0.3) is 0 Å². The van der Waals surface area contributed by atoms with E-state index in [1.807, 2.05) is 0 Å². The van der Waals surface area contributed by atoms with E-state index in [9.17, 15) is 9.59 Å². The predicted octanol–water partition coefficient (Wildman–Crippen LogP) is 1.18. The van der Waals surface area contributed by atoms with Gasteiger partial charge in [0.1, 0.15) is 6.04 Å². The number of aromatic carboxylic acids is 1. The average molecular weight is 260 g/mol. The van der Waals surface area contributed by atoms with Crippen LogP contribution in [0.3, 0.4) is 0 Å². The molecule has 0 aromatic carbocycles. The summed E-state index contributed by atoms with van der Waals surface area (Å²) < 4.78 is 1.50. The Morgan fingerprint density at radius 1 is 1.42 bits per heavy atom. The molecule has 19 heavy (non-hydrogen) atoms. The summed E-state index contributed by atoms with van der Waals surface area (Å²) in [5, 5.41) is 15.4. The zero-order valence-corrected chi connectivity index (χ0v) is 10.1. The van der Waals surface area contributed by atoms with Crippen LogP contribution in [0, 0.1) is 0 Å². The van der Waals surface area contributed by atoms with E-state index in [1.165, 1.54) is 23.1 Å². The molecule has 1 atom stereocenters. The van der Waals surface area contributed by atoms with Crippen LogP contribution in [0.25, 0.3) is 0 Å². The second-order valence-corrected chi connectivity index (χ2v) is 3.92. The number of aromatic nitrogens is 3. The molecule has 2 aromatic rings. The number of carboxylic acid groups (broad SMARTS) is 1. The van der Waals surface area contributed by atoms with E-state index in [1.54, 1.807) is 25.4 Å². The van der Waals surface area contributed by atoms with Gasteiger partial charge >= 0.3 is 5.97 Å². The molecular weight excluding hydrogens is 248 g/mol. The summed E-state index contributed by atoms with van der Waals surface area (Å²) in [5.41, 5.74) is 0.355. The minimum absolute atomic E-state index is 0.0181. The van der Waals surface area contributed by atoms with Gasteiger partial charge in [0.2, 0.25) is 5.91 Å². The van der Waals surface area contributed by atoms with E-state index in [2.05, 4.69) is 15.4 Å². The van der Waals surface area contributed by atoms with Crippen molar-refractivity contribution in [3.63, 3.8) is 0 Å². The van der Waals surface area contributed by atoms with Crippen LogP contribution in [-0.2, 0) is 4.79 Å². The summed E-state index contributed by atoms with van der Waals surface area (Å²) in [5.74, 6) is -1.39. The lowest BCUT2D eigenvalue weighted by molar-refractivity contribution is -0.119. The lowest BCUT2D eigenvalue weighted by Crippen LogP contribution is -2.24. The van der Waals surface area contributed by atoms with E-state index in [0.717, 1.165) is 0 Å². The van der Waals surface area contributed by atoms with E-state index < -0.39 is 12.0 Å². The molecule has 0 saturated carbocycles. The maximum absolute atomic E-state index is 11.9. The molecule has 2 aromatic heterocycles. The molecule has 0 fully saturated rings. The molecule has 0 saturated heterocycles. The van der Waals surface area contributed by atoms with Crippen molar-refractivity contribution >= 4 is 17.6 Å². The van der Waals surface area contributed by atoms with Gasteiger partial charge in [-0.05, 0) is 19.1 Å². The highest BCUT2D eigenvalue weighted by atomic mass is 16.4. The predicted molar refractivity (Wildman–Crippen MR) is 66.8 cm³/mol. The van der Waals surface area contributed by atoms with Crippen LogP contribution in [0.15, 0.2) is 36.9 Å². The smallest absolute Gasteiger partial charge is 0.337 e. The summed E-state index contributed by atoms with van der Waals surface area (Å²) in [4.78, 5) is 26.5. The van der Waals surface area contributed by atoms with Crippen LogP contribution in [0.1, 0.15) is 23.3 Å². The first kappa shape index (κ1) is 12.7. The number of nitrogens with zero attached hydrogens (tertiary/aromatic N) is 3. The van der Waals surface area contributed by atoms with Crippen LogP contribution in [-0.4, -0.2) is 31.7 Å². The SMILES string of the molecule is CC(C(=O)Nc1cncc(C(=O)O)c1)n1cccn1. The number of amides is 1. The Morgan fingerprint density at radius 2 is 2.21 bits per heavy atom. The molecule has 7 nitrogen and oxygen atoms in total. The average Bonchev–Trinajstić information content (AvgIpc) is 2.92. The maximum Gasteiger partial charge on any atom is 0.337 e. The zero-order chi connectivity index (χ0) is 13.8. The molecule has 0 aliphatic heterocycles. The minimum atomic E-state index is -1.09. The maximum atomic E-state index is 11.9. The fraction of sp³-hybridized carbons (Fsp3) is 0.167. The number of nitrogens with one attached hydrogen (secondary N) is 1. The van der Waals surface area contributed by atoms with Crippen LogP contribution >= 0.6 is 0 Å². The summed E-state index contributed by atoms with van der Waals surface area (Å²) in [6, 6.07) is 2.57. The molecular formula is C12H12N4O3. The van der Waals surface area contributed by atoms with Gasteiger partial charge in [-0.25, -0.2) is 4.79 Å². The fourth-order valence-electron chi connectivity index (χ4n) is 1.50. The normalized spacial score (nSPS) is 11.8. The van der Waals surface area contributed by atoms with Crippen molar-refractivity contribution in [2.75, 3.05) is 5.32 Å². The molecule has 1 unspecified atom stereocenters. The first-order chi connectivity index (χ1) is 9.08. The summed E-state index contributed by atoms with van der Waals surface area (Å²) in [6.07, 6.45) is 5.86. The highest BCUT2D eigenvalue weighted by Crippen LogP contribution is 2.12. The Kier molecular flexibility index (Phi) is 3.56. The van der Waals surface area contributed by atoms with E-state index >= 15 is 0 Å². The topological polar surface area (TPSA) is 97.1 Å². The Bertz CT molecular complexity index is 595. The van der Waals surface area contributed by atoms with Crippen molar-refractivity contribution in [1.29, 1.82) is 0 Å². The van der Waals surface area contributed by atoms with Crippen molar-refractivity contribution in [3.8, 4) is 0 Å². The molecule has 0 spiro atoms. The van der Waals surface area contributed by atoms with Gasteiger partial charge < -0.3 is 10.4 Å². The number of anilines is 1. The Balaban J connectivity index is 2.11. The molecule has 0 radical (unpaired) electrons. The number of hydrogen-bond donors (Lipinski definition) is 2. The number of pyridine rings is 1. The molecule has 7 heteroatoms. The lowest BCUT2D eigenvalue weighted by atomic mass is 10.2. The molecule has 2 N–H and O–H groups in total. The summed E-state index contributed by atoms with van der Waals surface area (Å²) >= 11 is 0. The van der Waals surface area contributed by atoms with Crippen LogP contribution in [0.2, 0.25) is 0 Å². The largest absolute Gasteiger partial charge is 0.478 e. The molecule has 98 valence electrons. The monoisotopic (exact) mass is 260 g/mol. The number of carboxylic acids is 1. The Hall–Kier alpha value is -2.70. The number of rotatable bonds is 4. The molecule has 0 bridgehead atoms. The summed E-state index contributed by atoms with van der Waals surface area (Å²) in [7, 11) is 0. The van der Waals surface area contributed by atoms with E-state index in [-0.39, 0.29) is 11.5 Å². The van der Waals surface area contributed by atoms with Gasteiger partial charge in [-0.1, -0.05) is 0 Å². The van der Waals surface area contributed by atoms with Crippen molar-refractivity contribution in [2.24, 2.45) is 0 Å². The van der Waals surface area contributed by atoms with Gasteiger partial charge in [-0.15, -0.1) is 0 Å². The van der Waals surface area contributed by atoms with Crippen molar-refractivity contribution in [1.82, 2.24) is 14.8 Å². The van der Waals surface area contributed by atoms with E-state index in [0.29, 0.717) is 5.69 Å². The summed E-state index contributed by atoms with van der Waals surface area (Å²) in [6.45, 7) is 1.69. The van der Waals surface area contributed by atoms with Crippen LogP contribution in [0.5, 0.6) is 0 Å². The van der Waals surface area contributed by atoms with Gasteiger partial charge in [-0.2, -0.15) is 5.10 Å². The van der Waals surface area contributed by atoms with Crippen molar-refractivity contribution < 1.29 is 14.7 Å². The highest BCUT2D eigenvalue weighted by Gasteiger charge is 2.15. The van der Waals surface area contributed by atoms with Crippen molar-refractivity contribution in [2.45, 2.75) is 13.0 Å². The van der Waals surface area contributed by atoms with E-state index in [4.69, 9.17) is 5.11 Å². The lowest BCUT2D eigenvalue weighted by Gasteiger charge is -2.12. The second kappa shape index (κ2) is 5.30. The van der Waals surface area contributed by atoms with Crippen LogP contribution < -0.4 is 5.32 Å². The Labute approximate surface area is 108 Å². The fourth-order valence-corrected chi connectivity index (χ4v) is 1.50. The van der Waals surface area contributed by atoms with Gasteiger partial charge in [0.15, 0.2) is 0 Å². The van der Waals surface area contributed by atoms with Gasteiger partial charge in [0.05, 0.1) is 17.4 Å². The Morgan fingerprint density at radius 3 is 2.84 bits per heavy atom. The number of carbonyl (C=O) groups excluding carboxylic acids is 1. The number of carbonyl (C=O) groups is 2. The molecule has 2 heterocycles. The molecule has 2 rings (SSSR count). The third-order valence-corrected chi connectivity index (χ3v) is 2.55. The van der Waals surface area contributed by atoms with Crippen molar-refractivity contribution in [3.05, 3.63) is 42.5 Å².